The van der Waals surface area contributed by atoms with Crippen molar-refractivity contribution in [1.29, 1.82) is 0 Å². The van der Waals surface area contributed by atoms with E-state index in [0.717, 1.165) is 17.7 Å². The lowest BCUT2D eigenvalue weighted by Crippen LogP contribution is -2.66. The maximum atomic E-state index is 16.9. The van der Waals surface area contributed by atoms with Crippen LogP contribution in [0.25, 0.3) is 0 Å². The molecule has 8 rings (SSSR count). The van der Waals surface area contributed by atoms with E-state index in [1.54, 1.807) is 19.0 Å². The Morgan fingerprint density at radius 1 is 0.944 bits per heavy atom. The van der Waals surface area contributed by atoms with Gasteiger partial charge >= 0.3 is 0 Å². The zero-order valence-electron chi connectivity index (χ0n) is 31.4. The van der Waals surface area contributed by atoms with Gasteiger partial charge in [0.1, 0.15) is 30.3 Å². The number of hydrogen-bond acceptors (Lipinski definition) is 10. The molecule has 5 unspecified atom stereocenters. The van der Waals surface area contributed by atoms with Gasteiger partial charge in [0.15, 0.2) is 22.9 Å². The van der Waals surface area contributed by atoms with Gasteiger partial charge < -0.3 is 19.1 Å². The lowest BCUT2D eigenvalue weighted by molar-refractivity contribution is -0.153. The number of hydrogen-bond donors (Lipinski definition) is 1. The van der Waals surface area contributed by atoms with E-state index in [0.29, 0.717) is 30.6 Å². The fourth-order valence-electron chi connectivity index (χ4n) is 9.34. The Hall–Kier alpha value is -4.71. The monoisotopic (exact) mass is 735 g/mol. The first-order valence-electron chi connectivity index (χ1n) is 18.7. The minimum absolute atomic E-state index is 0.0212. The predicted octanol–water partition coefficient (Wildman–Crippen LogP) is 6.17. The summed E-state index contributed by atoms with van der Waals surface area (Å²) < 4.78 is 35.1. The van der Waals surface area contributed by atoms with Gasteiger partial charge in [-0.1, -0.05) is 81.4 Å². The topological polar surface area (TPSA) is 122 Å². The van der Waals surface area contributed by atoms with Gasteiger partial charge in [-0.25, -0.2) is 4.39 Å². The van der Waals surface area contributed by atoms with E-state index in [2.05, 4.69) is 30.8 Å². The van der Waals surface area contributed by atoms with Crippen LogP contribution in [0.15, 0.2) is 65.2 Å². The van der Waals surface area contributed by atoms with E-state index in [9.17, 15) is 19.5 Å². The summed E-state index contributed by atoms with van der Waals surface area (Å²) >= 11 is 0. The largest absolute Gasteiger partial charge is 0.488 e. The van der Waals surface area contributed by atoms with Crippen molar-refractivity contribution in [2.24, 2.45) is 23.2 Å². The van der Waals surface area contributed by atoms with Crippen LogP contribution in [0.2, 0.25) is 0 Å². The molecule has 5 atom stereocenters. The molecule has 1 aliphatic heterocycles. The van der Waals surface area contributed by atoms with Crippen molar-refractivity contribution in [2.45, 2.75) is 71.4 Å². The van der Waals surface area contributed by atoms with E-state index in [1.807, 2.05) is 60.7 Å². The second kappa shape index (κ2) is 13.5. The first-order chi connectivity index (χ1) is 25.8. The van der Waals surface area contributed by atoms with Crippen molar-refractivity contribution in [2.75, 3.05) is 27.2 Å². The highest BCUT2D eigenvalue weighted by Gasteiger charge is 2.67. The van der Waals surface area contributed by atoms with Gasteiger partial charge in [0.2, 0.25) is 5.78 Å². The number of halogens is 1. The number of fused-ring (bicyclic) bond motifs is 5. The molecule has 0 spiro atoms. The molecule has 0 amide bonds. The lowest BCUT2D eigenvalue weighted by Gasteiger charge is -2.51. The molecule has 10 nitrogen and oxygen atoms in total. The molecule has 1 fully saturated rings. The van der Waals surface area contributed by atoms with Gasteiger partial charge in [0, 0.05) is 36.7 Å². The van der Waals surface area contributed by atoms with Crippen LogP contribution in [0.1, 0.15) is 87.5 Å². The van der Waals surface area contributed by atoms with Gasteiger partial charge in [-0.05, 0) is 66.5 Å². The molecule has 0 saturated heterocycles. The average Bonchev–Trinajstić information content (AvgIpc) is 3.56. The third kappa shape index (κ3) is 5.97. The minimum Gasteiger partial charge on any atom is -0.488 e. The van der Waals surface area contributed by atoms with Crippen molar-refractivity contribution in [3.8, 4) is 11.6 Å². The van der Waals surface area contributed by atoms with Crippen molar-refractivity contribution in [3.05, 3.63) is 111 Å². The summed E-state index contributed by atoms with van der Waals surface area (Å²) in [5.74, 6) is -5.52. The van der Waals surface area contributed by atoms with Crippen LogP contribution in [-0.2, 0) is 37.4 Å². The third-order valence-electron chi connectivity index (χ3n) is 11.6. The molecular formula is C43H46FN3O7. The summed E-state index contributed by atoms with van der Waals surface area (Å²) in [5, 5.41) is 16.6. The SMILES string of the molecule is CN(C)C1c2onc(OCc3ccccc3)c2C(=O)C2(O)C(=O)C3C(=O)c4c(c(F)c5c(c4OCc4ccccc4)CN(CC(C)(C)C)CC5)CC3CC12. The molecule has 0 bridgehead atoms. The fourth-order valence-corrected chi connectivity index (χ4v) is 9.34. The van der Waals surface area contributed by atoms with Gasteiger partial charge in [0.05, 0.1) is 17.5 Å². The summed E-state index contributed by atoms with van der Waals surface area (Å²) in [6, 6.07) is 18.1. The van der Waals surface area contributed by atoms with Crippen molar-refractivity contribution < 1.29 is 37.9 Å². The molecule has 1 aromatic heterocycles. The predicted molar refractivity (Wildman–Crippen MR) is 197 cm³/mol. The van der Waals surface area contributed by atoms with Crippen LogP contribution in [-0.4, -0.2) is 70.2 Å². The molecule has 4 aromatic rings. The number of carbonyl (C=O) groups excluding carboxylic acids is 3. The maximum Gasteiger partial charge on any atom is 0.265 e. The molecule has 2 heterocycles. The van der Waals surface area contributed by atoms with Crippen LogP contribution in [0, 0.1) is 29.0 Å². The molecule has 0 radical (unpaired) electrons. The average molecular weight is 736 g/mol. The number of ether oxygens (including phenoxy) is 2. The molecular weight excluding hydrogens is 689 g/mol. The molecule has 1 N–H and O–H groups in total. The number of aliphatic hydroxyl groups is 1. The number of Topliss-reactive ketones (excluding diaryl/α,β-unsaturated/α-hetero) is 3. The van der Waals surface area contributed by atoms with Crippen LogP contribution in [0.3, 0.4) is 0 Å². The van der Waals surface area contributed by atoms with Crippen LogP contribution in [0.5, 0.6) is 11.6 Å². The van der Waals surface area contributed by atoms with E-state index >= 15 is 4.39 Å². The fraction of sp³-hybridized carbons (Fsp3) is 0.442. The highest BCUT2D eigenvalue weighted by atomic mass is 19.1. The quantitative estimate of drug-likeness (QED) is 0.211. The summed E-state index contributed by atoms with van der Waals surface area (Å²) in [4.78, 5) is 48.3. The Morgan fingerprint density at radius 2 is 1.59 bits per heavy atom. The smallest absolute Gasteiger partial charge is 0.265 e. The van der Waals surface area contributed by atoms with Crippen LogP contribution >= 0.6 is 0 Å². The molecule has 282 valence electrons. The Morgan fingerprint density at radius 3 is 2.22 bits per heavy atom. The Labute approximate surface area is 314 Å². The van der Waals surface area contributed by atoms with Crippen LogP contribution < -0.4 is 9.47 Å². The Kier molecular flexibility index (Phi) is 9.10. The Bertz CT molecular complexity index is 2130. The molecule has 1 saturated carbocycles. The zero-order chi connectivity index (χ0) is 38.1. The molecule has 11 heteroatoms. The third-order valence-corrected chi connectivity index (χ3v) is 11.6. The number of nitrogens with zero attached hydrogens (tertiary/aromatic N) is 3. The first kappa shape index (κ1) is 36.3. The van der Waals surface area contributed by atoms with E-state index < -0.39 is 52.6 Å². The van der Waals surface area contributed by atoms with Gasteiger partial charge in [-0.15, -0.1) is 0 Å². The van der Waals surface area contributed by atoms with Crippen LogP contribution in [0.4, 0.5) is 4.39 Å². The first-order valence-corrected chi connectivity index (χ1v) is 18.7. The number of aromatic nitrogens is 1. The van der Waals surface area contributed by atoms with E-state index in [1.165, 1.54) is 0 Å². The molecule has 3 aliphatic carbocycles. The number of ketones is 3. The number of carbonyl (C=O) groups is 3. The van der Waals surface area contributed by atoms with Crippen molar-refractivity contribution in [1.82, 2.24) is 15.0 Å². The van der Waals surface area contributed by atoms with Crippen molar-refractivity contribution >= 4 is 17.3 Å². The van der Waals surface area contributed by atoms with Gasteiger partial charge in [-0.3, -0.25) is 24.2 Å². The summed E-state index contributed by atoms with van der Waals surface area (Å²) in [7, 11) is 3.53. The summed E-state index contributed by atoms with van der Waals surface area (Å²) in [5.41, 5.74) is 0.428. The number of benzene rings is 3. The summed E-state index contributed by atoms with van der Waals surface area (Å²) in [6.45, 7) is 8.45. The van der Waals surface area contributed by atoms with E-state index in [4.69, 9.17) is 14.0 Å². The van der Waals surface area contributed by atoms with E-state index in [-0.39, 0.29) is 65.6 Å². The van der Waals surface area contributed by atoms with Crippen molar-refractivity contribution in [3.63, 3.8) is 0 Å². The molecule has 54 heavy (non-hydrogen) atoms. The summed E-state index contributed by atoms with van der Waals surface area (Å²) in [6.07, 6.45) is 0.638. The highest BCUT2D eigenvalue weighted by molar-refractivity contribution is 6.27. The Balaban J connectivity index is 1.20. The second-order valence-electron chi connectivity index (χ2n) is 16.8. The maximum absolute atomic E-state index is 16.9. The normalized spacial score (nSPS) is 25.1. The van der Waals surface area contributed by atoms with Gasteiger partial charge in [-0.2, -0.15) is 0 Å². The zero-order valence-corrected chi connectivity index (χ0v) is 31.4. The lowest BCUT2D eigenvalue weighted by atomic mass is 9.54. The molecule has 3 aromatic carbocycles. The minimum atomic E-state index is -2.58. The van der Waals surface area contributed by atoms with Gasteiger partial charge in [0.25, 0.3) is 5.88 Å². The standard InChI is InChI=1S/C43H46FN3O7/c1-42(2,3)23-47-17-16-27-29(20-47)37(52-21-24-12-8-6-9-13-24)32-28(34(27)44)18-26-19-30-35(46(4)5)38-33(40(50)43(30,51)39(49)31(26)36(32)48)41(45-54-38)53-22-25-14-10-7-11-15-25/h6-15,26,30-31,35,51H,16-23H2,1-5H3. The second-order valence-corrected chi connectivity index (χ2v) is 16.8. The number of rotatable bonds is 8. The highest BCUT2D eigenvalue weighted by Crippen LogP contribution is 2.56. The molecule has 4 aliphatic rings.